The third kappa shape index (κ3) is 6.42. The van der Waals surface area contributed by atoms with Crippen LogP contribution in [0.15, 0.2) is 30.3 Å². The SMILES string of the molecule is CC(C)(C)OC(=O)N1CCCCC1(C=O)COCc1ccccc1.CO. The van der Waals surface area contributed by atoms with Crippen LogP contribution in [0.2, 0.25) is 0 Å². The summed E-state index contributed by atoms with van der Waals surface area (Å²) in [6, 6.07) is 9.78. The molecule has 146 valence electrons. The number of carbonyl (C=O) groups excluding carboxylic acids is 2. The molecule has 1 saturated heterocycles. The lowest BCUT2D eigenvalue weighted by atomic mass is 9.89. The maximum absolute atomic E-state index is 12.5. The molecule has 0 aliphatic carbocycles. The zero-order valence-electron chi connectivity index (χ0n) is 16.2. The monoisotopic (exact) mass is 365 g/mol. The minimum absolute atomic E-state index is 0.185. The Morgan fingerprint density at radius 1 is 1.23 bits per heavy atom. The highest BCUT2D eigenvalue weighted by Crippen LogP contribution is 2.29. The number of ether oxygens (including phenoxy) is 2. The van der Waals surface area contributed by atoms with Gasteiger partial charge in [-0.1, -0.05) is 30.3 Å². The van der Waals surface area contributed by atoms with Crippen molar-refractivity contribution in [3.8, 4) is 0 Å². The summed E-state index contributed by atoms with van der Waals surface area (Å²) in [5.41, 5.74) is -0.484. The Bertz CT molecular complexity index is 555. The Morgan fingerprint density at radius 2 is 1.88 bits per heavy atom. The minimum atomic E-state index is -0.935. The fraction of sp³-hybridized carbons (Fsp3) is 0.600. The Morgan fingerprint density at radius 3 is 2.46 bits per heavy atom. The molecular formula is C20H31NO5. The number of aliphatic hydroxyl groups is 1. The lowest BCUT2D eigenvalue weighted by molar-refractivity contribution is -0.126. The van der Waals surface area contributed by atoms with E-state index in [0.717, 1.165) is 31.8 Å². The zero-order chi connectivity index (χ0) is 19.6. The molecule has 1 aromatic rings. The van der Waals surface area contributed by atoms with Gasteiger partial charge < -0.3 is 19.4 Å². The lowest BCUT2D eigenvalue weighted by Gasteiger charge is -2.43. The van der Waals surface area contributed by atoms with Crippen LogP contribution in [0, 0.1) is 0 Å². The number of carbonyl (C=O) groups is 2. The molecule has 6 nitrogen and oxygen atoms in total. The van der Waals surface area contributed by atoms with Gasteiger partial charge in [-0.25, -0.2) is 4.79 Å². The van der Waals surface area contributed by atoms with Crippen molar-refractivity contribution < 1.29 is 24.2 Å². The number of likely N-dealkylation sites (tertiary alicyclic amines) is 1. The zero-order valence-corrected chi connectivity index (χ0v) is 16.2. The second-order valence-electron chi connectivity index (χ2n) is 7.29. The van der Waals surface area contributed by atoms with Gasteiger partial charge in [0.25, 0.3) is 0 Å². The summed E-state index contributed by atoms with van der Waals surface area (Å²) in [7, 11) is 1.00. The van der Waals surface area contributed by atoms with Crippen molar-refractivity contribution in [3.63, 3.8) is 0 Å². The largest absolute Gasteiger partial charge is 0.444 e. The molecule has 0 spiro atoms. The van der Waals surface area contributed by atoms with Crippen LogP contribution in [0.5, 0.6) is 0 Å². The van der Waals surface area contributed by atoms with E-state index in [2.05, 4.69) is 0 Å². The fourth-order valence-electron chi connectivity index (χ4n) is 2.88. The normalized spacial score (nSPS) is 20.0. The van der Waals surface area contributed by atoms with Crippen molar-refractivity contribution in [1.29, 1.82) is 0 Å². The van der Waals surface area contributed by atoms with Gasteiger partial charge in [0.1, 0.15) is 17.4 Å². The Kier molecular flexibility index (Phi) is 8.75. The minimum Gasteiger partial charge on any atom is -0.444 e. The van der Waals surface area contributed by atoms with Gasteiger partial charge in [-0.15, -0.1) is 0 Å². The van der Waals surface area contributed by atoms with E-state index in [1.165, 1.54) is 0 Å². The number of amides is 1. The highest BCUT2D eigenvalue weighted by molar-refractivity contribution is 5.77. The van der Waals surface area contributed by atoms with E-state index in [0.29, 0.717) is 19.6 Å². The van der Waals surface area contributed by atoms with Gasteiger partial charge in [0.05, 0.1) is 13.2 Å². The van der Waals surface area contributed by atoms with Crippen molar-refractivity contribution in [2.45, 2.75) is 57.8 Å². The molecule has 1 aliphatic rings. The Hall–Kier alpha value is -1.92. The highest BCUT2D eigenvalue weighted by atomic mass is 16.6. The molecule has 0 saturated carbocycles. The smallest absolute Gasteiger partial charge is 0.411 e. The molecule has 1 N–H and O–H groups in total. The van der Waals surface area contributed by atoms with Gasteiger partial charge in [-0.3, -0.25) is 4.90 Å². The Balaban J connectivity index is 0.00000163. The first-order valence-electron chi connectivity index (χ1n) is 8.90. The van der Waals surface area contributed by atoms with Crippen LogP contribution in [0.25, 0.3) is 0 Å². The van der Waals surface area contributed by atoms with E-state index < -0.39 is 17.2 Å². The molecule has 1 fully saturated rings. The fourth-order valence-corrected chi connectivity index (χ4v) is 2.88. The summed E-state index contributed by atoms with van der Waals surface area (Å²) < 4.78 is 11.3. The molecule has 1 aliphatic heterocycles. The maximum atomic E-state index is 12.5. The predicted molar refractivity (Wildman–Crippen MR) is 99.8 cm³/mol. The van der Waals surface area contributed by atoms with Crippen molar-refractivity contribution in [2.75, 3.05) is 20.3 Å². The number of rotatable bonds is 5. The van der Waals surface area contributed by atoms with Crippen molar-refractivity contribution in [3.05, 3.63) is 35.9 Å². The summed E-state index contributed by atoms with van der Waals surface area (Å²) in [5, 5.41) is 7.00. The Labute approximate surface area is 156 Å². The summed E-state index contributed by atoms with van der Waals surface area (Å²) in [6.07, 6.45) is 2.77. The average Bonchev–Trinajstić information content (AvgIpc) is 2.63. The van der Waals surface area contributed by atoms with Crippen LogP contribution in [0.4, 0.5) is 4.79 Å². The molecule has 1 unspecified atom stereocenters. The number of aliphatic hydroxyl groups excluding tert-OH is 1. The van der Waals surface area contributed by atoms with Crippen molar-refractivity contribution in [2.24, 2.45) is 0 Å². The third-order valence-corrected chi connectivity index (χ3v) is 4.08. The van der Waals surface area contributed by atoms with Gasteiger partial charge in [0.15, 0.2) is 0 Å². The number of aldehydes is 1. The van der Waals surface area contributed by atoms with Crippen molar-refractivity contribution in [1.82, 2.24) is 4.90 Å². The van der Waals surface area contributed by atoms with Crippen molar-refractivity contribution >= 4 is 12.4 Å². The van der Waals surface area contributed by atoms with Crippen LogP contribution >= 0.6 is 0 Å². The topological polar surface area (TPSA) is 76.1 Å². The van der Waals surface area contributed by atoms with Gasteiger partial charge in [-0.05, 0) is 45.6 Å². The molecule has 1 aromatic carbocycles. The van der Waals surface area contributed by atoms with Gasteiger partial charge in [0, 0.05) is 13.7 Å². The number of benzene rings is 1. The van der Waals surface area contributed by atoms with Gasteiger partial charge in [0.2, 0.25) is 0 Å². The van der Waals surface area contributed by atoms with E-state index >= 15 is 0 Å². The predicted octanol–water partition coefficient (Wildman–Crippen LogP) is 3.17. The van der Waals surface area contributed by atoms with E-state index in [1.54, 1.807) is 4.90 Å². The summed E-state index contributed by atoms with van der Waals surface area (Å²) >= 11 is 0. The molecule has 1 amide bonds. The number of piperidine rings is 1. The molecule has 26 heavy (non-hydrogen) atoms. The van der Waals surface area contributed by atoms with E-state index in [1.807, 2.05) is 51.1 Å². The molecule has 0 bridgehead atoms. The van der Waals surface area contributed by atoms with Gasteiger partial charge >= 0.3 is 6.09 Å². The number of hydrogen-bond donors (Lipinski definition) is 1. The first-order valence-corrected chi connectivity index (χ1v) is 8.90. The van der Waals surface area contributed by atoms with Crippen LogP contribution in [-0.2, 0) is 20.9 Å². The lowest BCUT2D eigenvalue weighted by Crippen LogP contribution is -2.59. The maximum Gasteiger partial charge on any atom is 0.411 e. The first kappa shape index (κ1) is 22.1. The molecule has 2 rings (SSSR count). The molecule has 1 atom stereocenters. The highest BCUT2D eigenvalue weighted by Gasteiger charge is 2.43. The van der Waals surface area contributed by atoms with E-state index in [-0.39, 0.29) is 6.61 Å². The van der Waals surface area contributed by atoms with Crippen LogP contribution in [0.1, 0.15) is 45.6 Å². The number of hydrogen-bond acceptors (Lipinski definition) is 5. The average molecular weight is 365 g/mol. The van der Waals surface area contributed by atoms with Crippen LogP contribution in [-0.4, -0.2) is 53.8 Å². The van der Waals surface area contributed by atoms with Crippen LogP contribution < -0.4 is 0 Å². The van der Waals surface area contributed by atoms with Gasteiger partial charge in [-0.2, -0.15) is 0 Å². The molecule has 1 heterocycles. The molecular weight excluding hydrogens is 334 g/mol. The second-order valence-corrected chi connectivity index (χ2v) is 7.29. The van der Waals surface area contributed by atoms with E-state index in [9.17, 15) is 9.59 Å². The standard InChI is InChI=1S/C19H27NO4.CH4O/c1-18(2,3)24-17(22)20-12-8-7-11-19(20,14-21)15-23-13-16-9-5-4-6-10-16;1-2/h4-6,9-10,14H,7-8,11-13,15H2,1-3H3;2H,1H3. The molecule has 6 heteroatoms. The summed E-state index contributed by atoms with van der Waals surface area (Å²) in [6.45, 7) is 6.58. The summed E-state index contributed by atoms with van der Waals surface area (Å²) in [4.78, 5) is 25.9. The second kappa shape index (κ2) is 10.3. The third-order valence-electron chi connectivity index (χ3n) is 4.08. The number of nitrogens with zero attached hydrogens (tertiary/aromatic N) is 1. The quantitative estimate of drug-likeness (QED) is 0.811. The first-order chi connectivity index (χ1) is 12.4. The molecule has 0 radical (unpaired) electrons. The van der Waals surface area contributed by atoms with Crippen LogP contribution in [0.3, 0.4) is 0 Å². The molecule has 0 aromatic heterocycles. The van der Waals surface area contributed by atoms with E-state index in [4.69, 9.17) is 14.6 Å². The summed E-state index contributed by atoms with van der Waals surface area (Å²) in [5.74, 6) is 0.